The van der Waals surface area contributed by atoms with Crippen molar-refractivity contribution in [3.05, 3.63) is 35.6 Å². The Bertz CT molecular complexity index is 462. The number of hydrogen-bond donors (Lipinski definition) is 1. The van der Waals surface area contributed by atoms with Crippen LogP contribution in [0.3, 0.4) is 0 Å². The molecule has 0 aromatic heterocycles. The maximum atomic E-state index is 13.0. The van der Waals surface area contributed by atoms with Crippen LogP contribution in [-0.2, 0) is 14.3 Å². The molecular formula is C12H13FN2O3. The Morgan fingerprint density at radius 3 is 2.61 bits per heavy atom. The van der Waals surface area contributed by atoms with Crippen molar-refractivity contribution in [3.8, 4) is 0 Å². The zero-order valence-electron chi connectivity index (χ0n) is 9.64. The van der Waals surface area contributed by atoms with E-state index < -0.39 is 23.7 Å². The molecule has 1 aliphatic heterocycles. The Kier molecular flexibility index (Phi) is 3.69. The highest BCUT2D eigenvalue weighted by molar-refractivity contribution is 5.98. The van der Waals surface area contributed by atoms with Gasteiger partial charge < -0.3 is 10.5 Å². The van der Waals surface area contributed by atoms with Crippen LogP contribution in [0.4, 0.5) is 4.39 Å². The van der Waals surface area contributed by atoms with Gasteiger partial charge in [-0.15, -0.1) is 0 Å². The minimum Gasteiger partial charge on any atom is -0.362 e. The summed E-state index contributed by atoms with van der Waals surface area (Å²) >= 11 is 0. The summed E-state index contributed by atoms with van der Waals surface area (Å²) in [6, 6.07) is 5.18. The summed E-state index contributed by atoms with van der Waals surface area (Å²) in [5.74, 6) is -1.24. The summed E-state index contributed by atoms with van der Waals surface area (Å²) in [5, 5.41) is 0. The van der Waals surface area contributed by atoms with Gasteiger partial charge in [0.25, 0.3) is 11.8 Å². The van der Waals surface area contributed by atoms with E-state index in [2.05, 4.69) is 0 Å². The molecule has 1 aromatic rings. The lowest BCUT2D eigenvalue weighted by molar-refractivity contribution is -0.158. The number of ether oxygens (including phenoxy) is 1. The second kappa shape index (κ2) is 5.24. The molecule has 0 bridgehead atoms. The third-order valence-corrected chi connectivity index (χ3v) is 2.71. The third kappa shape index (κ3) is 2.72. The van der Waals surface area contributed by atoms with Gasteiger partial charge in [-0.05, 0) is 17.7 Å². The Morgan fingerprint density at radius 2 is 2.00 bits per heavy atom. The normalized spacial score (nSPS) is 18.0. The first-order valence-corrected chi connectivity index (χ1v) is 5.50. The number of morpholine rings is 1. The number of carbonyl (C=O) groups excluding carboxylic acids is 2. The molecule has 2 rings (SSSR count). The van der Waals surface area contributed by atoms with Crippen LogP contribution in [0, 0.1) is 5.82 Å². The molecule has 2 N–H and O–H groups in total. The molecule has 1 aromatic carbocycles. The number of hydrogen-bond acceptors (Lipinski definition) is 4. The zero-order chi connectivity index (χ0) is 13.1. The van der Waals surface area contributed by atoms with Gasteiger partial charge in [0.2, 0.25) is 0 Å². The number of rotatable bonds is 3. The SMILES string of the molecule is NC(CN1C(=O)COCC1=O)c1cccc(F)c1. The van der Waals surface area contributed by atoms with Crippen LogP contribution in [0.1, 0.15) is 11.6 Å². The monoisotopic (exact) mass is 252 g/mol. The zero-order valence-corrected chi connectivity index (χ0v) is 9.64. The molecule has 96 valence electrons. The first-order chi connectivity index (χ1) is 8.58. The van der Waals surface area contributed by atoms with Crippen molar-refractivity contribution < 1.29 is 18.7 Å². The third-order valence-electron chi connectivity index (χ3n) is 2.71. The van der Waals surface area contributed by atoms with Crippen molar-refractivity contribution >= 4 is 11.8 Å². The molecule has 0 spiro atoms. The fourth-order valence-corrected chi connectivity index (χ4v) is 1.76. The smallest absolute Gasteiger partial charge is 0.255 e. The van der Waals surface area contributed by atoms with E-state index >= 15 is 0 Å². The van der Waals surface area contributed by atoms with Crippen molar-refractivity contribution in [1.82, 2.24) is 4.90 Å². The Hall–Kier alpha value is -1.79. The number of nitrogens with zero attached hydrogens (tertiary/aromatic N) is 1. The minimum atomic E-state index is -0.605. The molecule has 1 atom stereocenters. The molecular weight excluding hydrogens is 239 g/mol. The molecule has 1 aliphatic rings. The summed E-state index contributed by atoms with van der Waals surface area (Å²) in [6.07, 6.45) is 0. The van der Waals surface area contributed by atoms with E-state index in [1.165, 1.54) is 18.2 Å². The Morgan fingerprint density at radius 1 is 1.33 bits per heavy atom. The number of carbonyl (C=O) groups is 2. The van der Waals surface area contributed by atoms with Crippen LogP contribution in [-0.4, -0.2) is 36.5 Å². The summed E-state index contributed by atoms with van der Waals surface area (Å²) in [4.78, 5) is 24.0. The van der Waals surface area contributed by atoms with Crippen LogP contribution in [0.15, 0.2) is 24.3 Å². The van der Waals surface area contributed by atoms with Crippen molar-refractivity contribution in [2.24, 2.45) is 5.73 Å². The fraction of sp³-hybridized carbons (Fsp3) is 0.333. The van der Waals surface area contributed by atoms with Gasteiger partial charge in [-0.1, -0.05) is 12.1 Å². The Labute approximate surface area is 103 Å². The highest BCUT2D eigenvalue weighted by Crippen LogP contribution is 2.14. The average molecular weight is 252 g/mol. The average Bonchev–Trinajstić information content (AvgIpc) is 2.34. The van der Waals surface area contributed by atoms with Crippen LogP contribution >= 0.6 is 0 Å². The van der Waals surface area contributed by atoms with Crippen LogP contribution in [0.5, 0.6) is 0 Å². The molecule has 1 fully saturated rings. The number of nitrogens with two attached hydrogens (primary N) is 1. The first-order valence-electron chi connectivity index (χ1n) is 5.50. The lowest BCUT2D eigenvalue weighted by Crippen LogP contribution is -2.48. The van der Waals surface area contributed by atoms with Crippen molar-refractivity contribution in [1.29, 1.82) is 0 Å². The van der Waals surface area contributed by atoms with Gasteiger partial charge in [0.15, 0.2) is 0 Å². The van der Waals surface area contributed by atoms with E-state index in [4.69, 9.17) is 10.5 Å². The maximum absolute atomic E-state index is 13.0. The predicted molar refractivity (Wildman–Crippen MR) is 60.9 cm³/mol. The van der Waals surface area contributed by atoms with Crippen molar-refractivity contribution in [2.45, 2.75) is 6.04 Å². The lowest BCUT2D eigenvalue weighted by Gasteiger charge is -2.27. The van der Waals surface area contributed by atoms with Gasteiger partial charge >= 0.3 is 0 Å². The summed E-state index contributed by atoms with van der Waals surface area (Å²) in [6.45, 7) is -0.215. The van der Waals surface area contributed by atoms with E-state index in [0.717, 1.165) is 4.90 Å². The Balaban J connectivity index is 2.08. The summed E-state index contributed by atoms with van der Waals surface area (Å²) in [5.41, 5.74) is 6.41. The highest BCUT2D eigenvalue weighted by Gasteiger charge is 2.28. The van der Waals surface area contributed by atoms with Crippen LogP contribution in [0.2, 0.25) is 0 Å². The van der Waals surface area contributed by atoms with Gasteiger partial charge in [0.05, 0.1) is 0 Å². The molecule has 1 saturated heterocycles. The number of benzene rings is 1. The second-order valence-corrected chi connectivity index (χ2v) is 4.05. The molecule has 5 nitrogen and oxygen atoms in total. The predicted octanol–water partition coefficient (Wildman–Crippen LogP) is 0.211. The van der Waals surface area contributed by atoms with E-state index in [0.29, 0.717) is 5.56 Å². The van der Waals surface area contributed by atoms with E-state index in [-0.39, 0.29) is 19.8 Å². The maximum Gasteiger partial charge on any atom is 0.255 e. The van der Waals surface area contributed by atoms with Gasteiger partial charge in [0, 0.05) is 12.6 Å². The first kappa shape index (κ1) is 12.7. The van der Waals surface area contributed by atoms with E-state index in [1.807, 2.05) is 0 Å². The topological polar surface area (TPSA) is 72.6 Å². The van der Waals surface area contributed by atoms with Gasteiger partial charge in [-0.2, -0.15) is 0 Å². The van der Waals surface area contributed by atoms with Gasteiger partial charge in [-0.25, -0.2) is 4.39 Å². The largest absolute Gasteiger partial charge is 0.362 e. The number of amides is 2. The molecule has 0 aliphatic carbocycles. The lowest BCUT2D eigenvalue weighted by atomic mass is 10.1. The van der Waals surface area contributed by atoms with Gasteiger partial charge in [-0.3, -0.25) is 14.5 Å². The number of imide groups is 1. The summed E-state index contributed by atoms with van der Waals surface area (Å²) in [7, 11) is 0. The quantitative estimate of drug-likeness (QED) is 0.780. The summed E-state index contributed by atoms with van der Waals surface area (Å²) < 4.78 is 17.8. The van der Waals surface area contributed by atoms with E-state index in [1.54, 1.807) is 6.07 Å². The molecule has 1 unspecified atom stereocenters. The molecule has 0 radical (unpaired) electrons. The highest BCUT2D eigenvalue weighted by atomic mass is 19.1. The second-order valence-electron chi connectivity index (χ2n) is 4.05. The molecule has 1 heterocycles. The van der Waals surface area contributed by atoms with Crippen molar-refractivity contribution in [3.63, 3.8) is 0 Å². The number of halogens is 1. The van der Waals surface area contributed by atoms with Crippen molar-refractivity contribution in [2.75, 3.05) is 19.8 Å². The minimum absolute atomic E-state index is 0.0322. The van der Waals surface area contributed by atoms with E-state index in [9.17, 15) is 14.0 Å². The van der Waals surface area contributed by atoms with Crippen LogP contribution < -0.4 is 5.73 Å². The fourth-order valence-electron chi connectivity index (χ4n) is 1.76. The molecule has 18 heavy (non-hydrogen) atoms. The van der Waals surface area contributed by atoms with Crippen LogP contribution in [0.25, 0.3) is 0 Å². The molecule has 6 heteroatoms. The molecule has 2 amide bonds. The standard InChI is InChI=1S/C12H13FN2O3/c13-9-3-1-2-8(4-9)10(14)5-15-11(16)6-18-7-12(15)17/h1-4,10H,5-7,14H2. The molecule has 0 saturated carbocycles. The van der Waals surface area contributed by atoms with Gasteiger partial charge in [0.1, 0.15) is 19.0 Å².